The summed E-state index contributed by atoms with van der Waals surface area (Å²) < 4.78 is 1.21. The summed E-state index contributed by atoms with van der Waals surface area (Å²) in [5.74, 6) is 0. The molecule has 0 spiro atoms. The van der Waals surface area contributed by atoms with Crippen LogP contribution in [0.5, 0.6) is 0 Å². The molecule has 0 amide bonds. The van der Waals surface area contributed by atoms with Gasteiger partial charge in [0.05, 0.1) is 0 Å². The minimum absolute atomic E-state index is 1.04. The molecule has 0 radical (unpaired) electrons. The number of likely N-dealkylation sites (N-methyl/N-ethyl adjacent to an activating group) is 1. The average Bonchev–Trinajstić information content (AvgIpc) is 2.09. The van der Waals surface area contributed by atoms with Crippen molar-refractivity contribution >= 4 is 15.9 Å². The SMILES string of the molecule is CNCCc1cc(C)c(Br)cc1C. The summed E-state index contributed by atoms with van der Waals surface area (Å²) in [6, 6.07) is 4.46. The monoisotopic (exact) mass is 241 g/mol. The van der Waals surface area contributed by atoms with E-state index in [2.05, 4.69) is 47.2 Å². The van der Waals surface area contributed by atoms with E-state index < -0.39 is 0 Å². The lowest BCUT2D eigenvalue weighted by molar-refractivity contribution is 0.788. The van der Waals surface area contributed by atoms with Crippen molar-refractivity contribution in [2.45, 2.75) is 20.3 Å². The van der Waals surface area contributed by atoms with Crippen molar-refractivity contribution in [2.75, 3.05) is 13.6 Å². The van der Waals surface area contributed by atoms with Crippen LogP contribution < -0.4 is 5.32 Å². The first-order valence-corrected chi connectivity index (χ1v) is 5.34. The Morgan fingerprint density at radius 2 is 1.92 bits per heavy atom. The Hall–Kier alpha value is -0.340. The first-order chi connectivity index (χ1) is 6.15. The van der Waals surface area contributed by atoms with E-state index in [1.807, 2.05) is 7.05 Å². The van der Waals surface area contributed by atoms with Crippen LogP contribution in [0.3, 0.4) is 0 Å². The van der Waals surface area contributed by atoms with Crippen LogP contribution in [0.15, 0.2) is 16.6 Å². The van der Waals surface area contributed by atoms with Crippen molar-refractivity contribution in [1.29, 1.82) is 0 Å². The Kier molecular flexibility index (Phi) is 3.94. The summed E-state index contributed by atoms with van der Waals surface area (Å²) in [5, 5.41) is 3.17. The third kappa shape index (κ3) is 2.82. The highest BCUT2D eigenvalue weighted by molar-refractivity contribution is 9.10. The molecule has 0 aliphatic carbocycles. The molecule has 0 saturated heterocycles. The number of benzene rings is 1. The zero-order valence-corrected chi connectivity index (χ0v) is 10.0. The standard InChI is InChI=1S/C11H16BrN/c1-8-7-11(12)9(2)6-10(8)4-5-13-3/h6-7,13H,4-5H2,1-3H3. The van der Waals surface area contributed by atoms with Crippen molar-refractivity contribution in [1.82, 2.24) is 5.32 Å². The third-order valence-corrected chi connectivity index (χ3v) is 3.12. The molecule has 0 saturated carbocycles. The summed E-state index contributed by atoms with van der Waals surface area (Å²) in [7, 11) is 1.99. The molecule has 1 nitrogen and oxygen atoms in total. The second kappa shape index (κ2) is 4.77. The van der Waals surface area contributed by atoms with E-state index in [0.29, 0.717) is 0 Å². The van der Waals surface area contributed by atoms with Crippen LogP contribution in [-0.4, -0.2) is 13.6 Å². The van der Waals surface area contributed by atoms with Gasteiger partial charge in [-0.1, -0.05) is 22.0 Å². The molecule has 1 aromatic rings. The Balaban J connectivity index is 2.88. The number of hydrogen-bond donors (Lipinski definition) is 1. The lowest BCUT2D eigenvalue weighted by Gasteiger charge is -2.08. The summed E-state index contributed by atoms with van der Waals surface area (Å²) in [5.41, 5.74) is 4.12. The van der Waals surface area contributed by atoms with E-state index in [4.69, 9.17) is 0 Å². The maximum absolute atomic E-state index is 3.53. The van der Waals surface area contributed by atoms with Gasteiger partial charge >= 0.3 is 0 Å². The van der Waals surface area contributed by atoms with Crippen LogP contribution >= 0.6 is 15.9 Å². The average molecular weight is 242 g/mol. The van der Waals surface area contributed by atoms with Crippen molar-refractivity contribution in [3.05, 3.63) is 33.3 Å². The number of hydrogen-bond acceptors (Lipinski definition) is 1. The largest absolute Gasteiger partial charge is 0.319 e. The zero-order valence-electron chi connectivity index (χ0n) is 8.45. The van der Waals surface area contributed by atoms with Crippen LogP contribution in [0.2, 0.25) is 0 Å². The molecular weight excluding hydrogens is 226 g/mol. The number of aryl methyl sites for hydroxylation is 2. The maximum Gasteiger partial charge on any atom is 0.0207 e. The smallest absolute Gasteiger partial charge is 0.0207 e. The highest BCUT2D eigenvalue weighted by Crippen LogP contribution is 2.21. The van der Waals surface area contributed by atoms with Crippen molar-refractivity contribution in [3.63, 3.8) is 0 Å². The minimum Gasteiger partial charge on any atom is -0.319 e. The molecule has 0 aliphatic heterocycles. The molecule has 0 heterocycles. The van der Waals surface area contributed by atoms with E-state index in [1.54, 1.807) is 0 Å². The van der Waals surface area contributed by atoms with Gasteiger partial charge in [0.1, 0.15) is 0 Å². The zero-order chi connectivity index (χ0) is 9.84. The predicted octanol–water partition coefficient (Wildman–Crippen LogP) is 2.83. The minimum atomic E-state index is 1.04. The summed E-state index contributed by atoms with van der Waals surface area (Å²) in [4.78, 5) is 0. The van der Waals surface area contributed by atoms with Crippen LogP contribution in [0.4, 0.5) is 0 Å². The molecule has 0 aliphatic rings. The number of halogens is 1. The lowest BCUT2D eigenvalue weighted by Crippen LogP contribution is -2.11. The highest BCUT2D eigenvalue weighted by Gasteiger charge is 2.01. The molecule has 2 heteroatoms. The van der Waals surface area contributed by atoms with Gasteiger partial charge in [0, 0.05) is 4.47 Å². The van der Waals surface area contributed by atoms with Gasteiger partial charge < -0.3 is 5.32 Å². The van der Waals surface area contributed by atoms with E-state index in [-0.39, 0.29) is 0 Å². The summed E-state index contributed by atoms with van der Waals surface area (Å²) in [6.45, 7) is 5.34. The van der Waals surface area contributed by atoms with Gasteiger partial charge in [-0.05, 0) is 56.6 Å². The molecule has 0 unspecified atom stereocenters. The molecule has 0 aromatic heterocycles. The van der Waals surface area contributed by atoms with Gasteiger partial charge in [0.2, 0.25) is 0 Å². The summed E-state index contributed by atoms with van der Waals surface area (Å²) in [6.07, 6.45) is 1.11. The van der Waals surface area contributed by atoms with Gasteiger partial charge in [-0.15, -0.1) is 0 Å². The Morgan fingerprint density at radius 3 is 2.54 bits per heavy atom. The Labute approximate surface area is 88.7 Å². The Bertz CT molecular complexity index is 294. The number of rotatable bonds is 3. The Morgan fingerprint density at radius 1 is 1.23 bits per heavy atom. The van der Waals surface area contributed by atoms with Gasteiger partial charge in [-0.2, -0.15) is 0 Å². The van der Waals surface area contributed by atoms with E-state index >= 15 is 0 Å². The molecule has 0 atom stereocenters. The van der Waals surface area contributed by atoms with Crippen molar-refractivity contribution in [3.8, 4) is 0 Å². The maximum atomic E-state index is 3.53. The van der Waals surface area contributed by atoms with Crippen LogP contribution in [-0.2, 0) is 6.42 Å². The predicted molar refractivity (Wildman–Crippen MR) is 61.2 cm³/mol. The van der Waals surface area contributed by atoms with Crippen LogP contribution in [0.1, 0.15) is 16.7 Å². The third-order valence-electron chi connectivity index (χ3n) is 2.26. The quantitative estimate of drug-likeness (QED) is 0.859. The fourth-order valence-electron chi connectivity index (χ4n) is 1.37. The normalized spacial score (nSPS) is 10.5. The van der Waals surface area contributed by atoms with Crippen molar-refractivity contribution < 1.29 is 0 Å². The molecule has 1 N–H and O–H groups in total. The van der Waals surface area contributed by atoms with E-state index in [0.717, 1.165) is 13.0 Å². The summed E-state index contributed by atoms with van der Waals surface area (Å²) >= 11 is 3.53. The first kappa shape index (κ1) is 10.7. The van der Waals surface area contributed by atoms with E-state index in [9.17, 15) is 0 Å². The van der Waals surface area contributed by atoms with Gasteiger partial charge in [0.25, 0.3) is 0 Å². The topological polar surface area (TPSA) is 12.0 Å². The van der Waals surface area contributed by atoms with Gasteiger partial charge in [-0.25, -0.2) is 0 Å². The molecule has 1 aromatic carbocycles. The molecular formula is C11H16BrN. The second-order valence-electron chi connectivity index (χ2n) is 3.38. The molecule has 72 valence electrons. The molecule has 0 fully saturated rings. The van der Waals surface area contributed by atoms with Crippen LogP contribution in [0, 0.1) is 13.8 Å². The molecule has 0 bridgehead atoms. The fourth-order valence-corrected chi connectivity index (χ4v) is 1.83. The first-order valence-electron chi connectivity index (χ1n) is 4.55. The fraction of sp³-hybridized carbons (Fsp3) is 0.455. The van der Waals surface area contributed by atoms with Crippen LogP contribution in [0.25, 0.3) is 0 Å². The van der Waals surface area contributed by atoms with Gasteiger partial charge in [0.15, 0.2) is 0 Å². The van der Waals surface area contributed by atoms with Crippen molar-refractivity contribution in [2.24, 2.45) is 0 Å². The molecule has 1 rings (SSSR count). The number of nitrogens with one attached hydrogen (secondary N) is 1. The second-order valence-corrected chi connectivity index (χ2v) is 4.24. The molecule has 13 heavy (non-hydrogen) atoms. The van der Waals surface area contributed by atoms with Gasteiger partial charge in [-0.3, -0.25) is 0 Å². The van der Waals surface area contributed by atoms with E-state index in [1.165, 1.54) is 21.2 Å². The highest BCUT2D eigenvalue weighted by atomic mass is 79.9. The lowest BCUT2D eigenvalue weighted by atomic mass is 10.0.